The summed E-state index contributed by atoms with van der Waals surface area (Å²) in [5.74, 6) is -0.220. The Morgan fingerprint density at radius 3 is 2.67 bits per heavy atom. The van der Waals surface area contributed by atoms with Crippen molar-refractivity contribution in [2.45, 2.75) is 76.7 Å². The van der Waals surface area contributed by atoms with Crippen LogP contribution < -0.4 is 25.2 Å². The van der Waals surface area contributed by atoms with Gasteiger partial charge in [-0.2, -0.15) is 0 Å². The summed E-state index contributed by atoms with van der Waals surface area (Å²) in [5.41, 5.74) is 2.75. The Kier molecular flexibility index (Phi) is 9.17. The molecule has 1 saturated heterocycles. The number of ether oxygens (including phenoxy) is 3. The van der Waals surface area contributed by atoms with E-state index in [1.54, 1.807) is 25.9 Å². The highest BCUT2D eigenvalue weighted by atomic mass is 16.5. The van der Waals surface area contributed by atoms with Crippen molar-refractivity contribution < 1.29 is 28.6 Å². The molecule has 4 aliphatic rings. The summed E-state index contributed by atoms with van der Waals surface area (Å²) < 4.78 is 17.4. The number of methoxy groups -OCH3 is 1. The molecule has 3 amide bonds. The second-order valence-corrected chi connectivity index (χ2v) is 13.2. The van der Waals surface area contributed by atoms with Gasteiger partial charge in [-0.3, -0.25) is 14.4 Å². The van der Waals surface area contributed by atoms with Crippen LogP contribution in [-0.2, 0) is 30.3 Å². The first kappa shape index (κ1) is 31.5. The Morgan fingerprint density at radius 1 is 1.13 bits per heavy atom. The minimum atomic E-state index is -0.986. The average Bonchev–Trinajstić information content (AvgIpc) is 3.81. The molecule has 2 aliphatic carbocycles. The van der Waals surface area contributed by atoms with Gasteiger partial charge in [-0.15, -0.1) is 0 Å². The van der Waals surface area contributed by atoms with Crippen LogP contribution in [0.3, 0.4) is 0 Å². The molecule has 45 heavy (non-hydrogen) atoms. The first-order chi connectivity index (χ1) is 21.7. The molecule has 2 aliphatic heterocycles. The number of rotatable bonds is 11. The lowest BCUT2D eigenvalue weighted by Crippen LogP contribution is -2.53. The summed E-state index contributed by atoms with van der Waals surface area (Å²) in [4.78, 5) is 44.9. The standard InChI is InChI=1S/C35H46N4O6/c1-5-44-30-18-22-9-6-7-10-27(22)31(30)37-32(40)23-17-24(21-36-20-23)33(41)39(25-11-12-25)26-13-14-29-28(19-26)38(15-8-16-43-4)34(42)35(2,3)45-29/h6-7,9-10,13-14,19,23-25,30-31,36H,5,8,11-12,15-18,20-21H2,1-4H3,(H,37,40)/t23-,24+,30+,31-/m0/s1. The van der Waals surface area contributed by atoms with Crippen LogP contribution in [-0.4, -0.2) is 75.4 Å². The highest BCUT2D eigenvalue weighted by Crippen LogP contribution is 2.43. The zero-order valence-corrected chi connectivity index (χ0v) is 26.8. The third kappa shape index (κ3) is 6.46. The van der Waals surface area contributed by atoms with Gasteiger partial charge in [0, 0.05) is 58.1 Å². The molecular weight excluding hydrogens is 572 g/mol. The molecule has 1 saturated carbocycles. The second kappa shape index (κ2) is 13.1. The normalized spacial score (nSPS) is 25.2. The third-order valence-electron chi connectivity index (χ3n) is 9.45. The second-order valence-electron chi connectivity index (χ2n) is 13.2. The molecule has 4 atom stereocenters. The fourth-order valence-corrected chi connectivity index (χ4v) is 7.04. The molecule has 2 heterocycles. The lowest BCUT2D eigenvalue weighted by molar-refractivity contribution is -0.132. The van der Waals surface area contributed by atoms with Gasteiger partial charge < -0.3 is 34.6 Å². The lowest BCUT2D eigenvalue weighted by atomic mass is 9.88. The van der Waals surface area contributed by atoms with E-state index in [1.807, 2.05) is 42.2 Å². The molecule has 0 radical (unpaired) electrons. The van der Waals surface area contributed by atoms with Crippen LogP contribution in [0.2, 0.25) is 0 Å². The fourth-order valence-electron chi connectivity index (χ4n) is 7.04. The van der Waals surface area contributed by atoms with Gasteiger partial charge in [-0.25, -0.2) is 0 Å². The predicted octanol–water partition coefficient (Wildman–Crippen LogP) is 3.77. The van der Waals surface area contributed by atoms with Crippen LogP contribution in [0.25, 0.3) is 0 Å². The molecule has 242 valence electrons. The number of hydrogen-bond donors (Lipinski definition) is 2. The van der Waals surface area contributed by atoms with Crippen LogP contribution in [0, 0.1) is 11.8 Å². The summed E-state index contributed by atoms with van der Waals surface area (Å²) in [5, 5.41) is 6.65. The molecule has 0 spiro atoms. The minimum Gasteiger partial charge on any atom is -0.476 e. The molecule has 2 aromatic rings. The number of carbonyl (C=O) groups is 3. The first-order valence-corrected chi connectivity index (χ1v) is 16.4. The number of anilines is 2. The Labute approximate surface area is 265 Å². The number of nitrogens with one attached hydrogen (secondary N) is 2. The average molecular weight is 619 g/mol. The molecule has 10 nitrogen and oxygen atoms in total. The van der Waals surface area contributed by atoms with Crippen LogP contribution in [0.15, 0.2) is 42.5 Å². The summed E-state index contributed by atoms with van der Waals surface area (Å²) in [6.45, 7) is 8.18. The van der Waals surface area contributed by atoms with E-state index in [1.165, 1.54) is 5.56 Å². The predicted molar refractivity (Wildman–Crippen MR) is 171 cm³/mol. The van der Waals surface area contributed by atoms with Crippen molar-refractivity contribution >= 4 is 29.1 Å². The maximum atomic E-state index is 14.2. The summed E-state index contributed by atoms with van der Waals surface area (Å²) >= 11 is 0. The van der Waals surface area contributed by atoms with Gasteiger partial charge in [0.25, 0.3) is 5.91 Å². The van der Waals surface area contributed by atoms with Crippen LogP contribution in [0.4, 0.5) is 11.4 Å². The molecule has 10 heteroatoms. The van der Waals surface area contributed by atoms with Crippen molar-refractivity contribution in [1.82, 2.24) is 10.6 Å². The van der Waals surface area contributed by atoms with Gasteiger partial charge in [0.15, 0.2) is 5.60 Å². The number of hydrogen-bond acceptors (Lipinski definition) is 7. The van der Waals surface area contributed by atoms with Crippen molar-refractivity contribution in [3.8, 4) is 5.75 Å². The molecule has 6 rings (SSSR count). The van der Waals surface area contributed by atoms with Gasteiger partial charge in [-0.05, 0) is 75.8 Å². The fraction of sp³-hybridized carbons (Fsp3) is 0.571. The van der Waals surface area contributed by atoms with E-state index in [2.05, 4.69) is 22.8 Å². The Hall–Kier alpha value is -3.47. The van der Waals surface area contributed by atoms with Gasteiger partial charge in [0.05, 0.1) is 29.7 Å². The van der Waals surface area contributed by atoms with Gasteiger partial charge in [0.1, 0.15) is 5.75 Å². The van der Waals surface area contributed by atoms with Crippen molar-refractivity contribution in [3.63, 3.8) is 0 Å². The summed E-state index contributed by atoms with van der Waals surface area (Å²) in [7, 11) is 1.65. The largest absolute Gasteiger partial charge is 0.476 e. The van der Waals surface area contributed by atoms with Crippen LogP contribution >= 0.6 is 0 Å². The molecule has 0 unspecified atom stereocenters. The van der Waals surface area contributed by atoms with Gasteiger partial charge in [0.2, 0.25) is 11.8 Å². The SMILES string of the molecule is CCO[C@@H]1Cc2ccccc2[C@@H]1NC(=O)[C@@H]1CNC[C@H](C(=O)N(c2ccc3c(c2)N(CCCOC)C(=O)C(C)(C)O3)C2CC2)C1. The van der Waals surface area contributed by atoms with E-state index in [0.29, 0.717) is 57.1 Å². The third-order valence-corrected chi connectivity index (χ3v) is 9.45. The zero-order chi connectivity index (χ0) is 31.7. The highest BCUT2D eigenvalue weighted by Gasteiger charge is 2.44. The summed E-state index contributed by atoms with van der Waals surface area (Å²) in [6.07, 6.45) is 3.67. The quantitative estimate of drug-likeness (QED) is 0.369. The van der Waals surface area contributed by atoms with Crippen molar-refractivity contribution in [3.05, 3.63) is 53.6 Å². The maximum absolute atomic E-state index is 14.2. The number of amides is 3. The number of fused-ring (bicyclic) bond motifs is 2. The van der Waals surface area contributed by atoms with E-state index in [0.717, 1.165) is 30.5 Å². The van der Waals surface area contributed by atoms with Crippen molar-refractivity contribution in [2.24, 2.45) is 11.8 Å². The first-order valence-electron chi connectivity index (χ1n) is 16.4. The molecule has 0 aromatic heterocycles. The highest BCUT2D eigenvalue weighted by molar-refractivity contribution is 6.04. The number of carbonyl (C=O) groups excluding carboxylic acids is 3. The maximum Gasteiger partial charge on any atom is 0.270 e. The monoisotopic (exact) mass is 618 g/mol. The Bertz CT molecular complexity index is 1420. The van der Waals surface area contributed by atoms with E-state index in [9.17, 15) is 14.4 Å². The molecule has 2 aromatic carbocycles. The van der Waals surface area contributed by atoms with E-state index < -0.39 is 5.60 Å². The minimum absolute atomic E-state index is 0.00942. The van der Waals surface area contributed by atoms with Gasteiger partial charge in [-0.1, -0.05) is 24.3 Å². The van der Waals surface area contributed by atoms with Crippen LogP contribution in [0.1, 0.15) is 63.6 Å². The van der Waals surface area contributed by atoms with E-state index in [4.69, 9.17) is 14.2 Å². The lowest BCUT2D eigenvalue weighted by Gasteiger charge is -2.40. The summed E-state index contributed by atoms with van der Waals surface area (Å²) in [6, 6.07) is 13.8. The Balaban J connectivity index is 1.19. The molecular formula is C35H46N4O6. The van der Waals surface area contributed by atoms with E-state index >= 15 is 0 Å². The van der Waals surface area contributed by atoms with Crippen molar-refractivity contribution in [1.29, 1.82) is 0 Å². The zero-order valence-electron chi connectivity index (χ0n) is 26.8. The number of nitrogens with zero attached hydrogens (tertiary/aromatic N) is 2. The molecule has 0 bridgehead atoms. The van der Waals surface area contributed by atoms with Crippen molar-refractivity contribution in [2.75, 3.05) is 49.8 Å². The Morgan fingerprint density at radius 2 is 1.91 bits per heavy atom. The molecule has 2 fully saturated rings. The number of benzene rings is 2. The number of piperidine rings is 1. The van der Waals surface area contributed by atoms with Crippen LogP contribution in [0.5, 0.6) is 5.75 Å². The topological polar surface area (TPSA) is 109 Å². The van der Waals surface area contributed by atoms with Gasteiger partial charge >= 0.3 is 0 Å². The molecule has 2 N–H and O–H groups in total. The smallest absolute Gasteiger partial charge is 0.270 e. The van der Waals surface area contributed by atoms with E-state index in [-0.39, 0.29) is 47.7 Å².